The van der Waals surface area contributed by atoms with E-state index in [1.807, 2.05) is 30.3 Å². The number of amides is 1. The number of hydrogen-bond acceptors (Lipinski definition) is 4. The zero-order chi connectivity index (χ0) is 17.2. The molecule has 0 atom stereocenters. The van der Waals surface area contributed by atoms with Gasteiger partial charge in [0, 0.05) is 38.0 Å². The summed E-state index contributed by atoms with van der Waals surface area (Å²) < 4.78 is 4.94. The molecule has 1 aromatic heterocycles. The van der Waals surface area contributed by atoms with Crippen LogP contribution < -0.4 is 10.6 Å². The van der Waals surface area contributed by atoms with Gasteiger partial charge in [0.15, 0.2) is 0 Å². The highest BCUT2D eigenvalue weighted by molar-refractivity contribution is 6.30. The van der Waals surface area contributed by atoms with Gasteiger partial charge in [0.2, 0.25) is 0 Å². The van der Waals surface area contributed by atoms with E-state index in [9.17, 15) is 4.79 Å². The molecular formula is C18H22ClN3O2. The molecule has 0 radical (unpaired) electrons. The van der Waals surface area contributed by atoms with Crippen molar-refractivity contribution in [2.75, 3.05) is 32.1 Å². The lowest BCUT2D eigenvalue weighted by Gasteiger charge is -2.08. The molecule has 0 fully saturated rings. The number of benzene rings is 1. The van der Waals surface area contributed by atoms with Crippen LogP contribution in [0.3, 0.4) is 0 Å². The molecule has 0 saturated heterocycles. The first-order chi connectivity index (χ1) is 11.7. The molecule has 1 amide bonds. The third kappa shape index (κ3) is 6.18. The van der Waals surface area contributed by atoms with Gasteiger partial charge in [-0.15, -0.1) is 0 Å². The molecule has 2 rings (SSSR count). The molecule has 128 valence electrons. The number of aromatic nitrogens is 1. The van der Waals surface area contributed by atoms with Crippen molar-refractivity contribution in [1.82, 2.24) is 10.3 Å². The van der Waals surface area contributed by atoms with E-state index in [1.54, 1.807) is 19.4 Å². The maximum atomic E-state index is 11.9. The van der Waals surface area contributed by atoms with Gasteiger partial charge in [-0.25, -0.2) is 4.98 Å². The molecule has 0 saturated carbocycles. The summed E-state index contributed by atoms with van der Waals surface area (Å²) in [4.78, 5) is 16.2. The molecule has 0 aliphatic rings. The average molecular weight is 348 g/mol. The van der Waals surface area contributed by atoms with Crippen LogP contribution >= 0.6 is 11.6 Å². The Balaban J connectivity index is 1.76. The van der Waals surface area contributed by atoms with Crippen molar-refractivity contribution in [1.29, 1.82) is 0 Å². The highest BCUT2D eigenvalue weighted by Gasteiger charge is 2.05. The molecule has 0 aliphatic carbocycles. The second kappa shape index (κ2) is 9.90. The first-order valence-corrected chi connectivity index (χ1v) is 8.28. The Kier molecular flexibility index (Phi) is 7.52. The Morgan fingerprint density at radius 1 is 1.25 bits per heavy atom. The minimum absolute atomic E-state index is 0.121. The summed E-state index contributed by atoms with van der Waals surface area (Å²) in [5, 5.41) is 6.81. The van der Waals surface area contributed by atoms with Crippen LogP contribution in [-0.4, -0.2) is 37.7 Å². The summed E-state index contributed by atoms with van der Waals surface area (Å²) in [7, 11) is 1.64. The van der Waals surface area contributed by atoms with Crippen molar-refractivity contribution < 1.29 is 9.53 Å². The van der Waals surface area contributed by atoms with Gasteiger partial charge < -0.3 is 15.4 Å². The van der Waals surface area contributed by atoms with E-state index in [-0.39, 0.29) is 5.91 Å². The van der Waals surface area contributed by atoms with Crippen LogP contribution in [0, 0.1) is 0 Å². The fraction of sp³-hybridized carbons (Fsp3) is 0.333. The van der Waals surface area contributed by atoms with Crippen molar-refractivity contribution in [2.24, 2.45) is 0 Å². The van der Waals surface area contributed by atoms with Gasteiger partial charge >= 0.3 is 0 Å². The van der Waals surface area contributed by atoms with Gasteiger partial charge in [0.1, 0.15) is 5.82 Å². The molecule has 0 aliphatic heterocycles. The molecule has 1 heterocycles. The zero-order valence-corrected chi connectivity index (χ0v) is 14.5. The number of halogens is 1. The molecule has 24 heavy (non-hydrogen) atoms. The van der Waals surface area contributed by atoms with Crippen LogP contribution in [-0.2, 0) is 11.2 Å². The summed E-state index contributed by atoms with van der Waals surface area (Å²) in [6.45, 7) is 1.97. The van der Waals surface area contributed by atoms with Gasteiger partial charge in [0.25, 0.3) is 5.91 Å². The zero-order valence-electron chi connectivity index (χ0n) is 13.7. The van der Waals surface area contributed by atoms with Crippen molar-refractivity contribution in [3.05, 3.63) is 58.7 Å². The van der Waals surface area contributed by atoms with Crippen LogP contribution in [0.1, 0.15) is 22.3 Å². The molecule has 0 unspecified atom stereocenters. The fourth-order valence-corrected chi connectivity index (χ4v) is 2.39. The lowest BCUT2D eigenvalue weighted by molar-refractivity contribution is 0.0948. The number of pyridine rings is 1. The van der Waals surface area contributed by atoms with Crippen LogP contribution in [0.25, 0.3) is 0 Å². The normalized spacial score (nSPS) is 10.4. The Morgan fingerprint density at radius 3 is 2.83 bits per heavy atom. The lowest BCUT2D eigenvalue weighted by Crippen LogP contribution is -2.25. The van der Waals surface area contributed by atoms with Crippen LogP contribution in [0.2, 0.25) is 5.02 Å². The van der Waals surface area contributed by atoms with E-state index in [2.05, 4.69) is 15.6 Å². The first-order valence-electron chi connectivity index (χ1n) is 7.90. The molecule has 5 nitrogen and oxygen atoms in total. The summed E-state index contributed by atoms with van der Waals surface area (Å²) >= 11 is 5.96. The predicted octanol–water partition coefficient (Wildman–Crippen LogP) is 3.16. The molecule has 2 N–H and O–H groups in total. The fourth-order valence-electron chi connectivity index (χ4n) is 2.18. The third-order valence-corrected chi connectivity index (χ3v) is 3.68. The maximum absolute atomic E-state index is 11.9. The number of nitrogens with zero attached hydrogens (tertiary/aromatic N) is 1. The molecule has 2 aromatic rings. The van der Waals surface area contributed by atoms with E-state index in [0.29, 0.717) is 18.7 Å². The second-order valence-electron chi connectivity index (χ2n) is 5.34. The van der Waals surface area contributed by atoms with Crippen LogP contribution in [0.15, 0.2) is 42.6 Å². The highest BCUT2D eigenvalue weighted by atomic mass is 35.5. The summed E-state index contributed by atoms with van der Waals surface area (Å²) in [6, 6.07) is 11.4. The Hall–Kier alpha value is -2.11. The van der Waals surface area contributed by atoms with Gasteiger partial charge in [-0.05, 0) is 42.7 Å². The Labute approximate surface area is 147 Å². The second-order valence-corrected chi connectivity index (χ2v) is 5.78. The Bertz CT molecular complexity index is 647. The van der Waals surface area contributed by atoms with Crippen molar-refractivity contribution in [2.45, 2.75) is 12.8 Å². The minimum Gasteiger partial charge on any atom is -0.385 e. The number of carbonyl (C=O) groups excluding carboxylic acids is 1. The van der Waals surface area contributed by atoms with E-state index >= 15 is 0 Å². The molecule has 0 bridgehead atoms. The van der Waals surface area contributed by atoms with E-state index in [4.69, 9.17) is 16.3 Å². The Morgan fingerprint density at radius 2 is 2.12 bits per heavy atom. The number of nitrogens with one attached hydrogen (secondary N) is 2. The summed E-state index contributed by atoms with van der Waals surface area (Å²) in [6.07, 6.45) is 3.22. The predicted molar refractivity (Wildman–Crippen MR) is 96.7 cm³/mol. The number of methoxy groups -OCH3 is 1. The average Bonchev–Trinajstić information content (AvgIpc) is 2.59. The van der Waals surface area contributed by atoms with E-state index in [0.717, 1.165) is 30.2 Å². The quantitative estimate of drug-likeness (QED) is 0.684. The molecular weight excluding hydrogens is 326 g/mol. The van der Waals surface area contributed by atoms with Gasteiger partial charge in [-0.2, -0.15) is 0 Å². The number of hydrogen-bond donors (Lipinski definition) is 2. The van der Waals surface area contributed by atoms with Crippen molar-refractivity contribution in [3.8, 4) is 0 Å². The van der Waals surface area contributed by atoms with Crippen LogP contribution in [0.4, 0.5) is 5.82 Å². The molecule has 1 aromatic carbocycles. The van der Waals surface area contributed by atoms with E-state index < -0.39 is 0 Å². The number of anilines is 1. The largest absolute Gasteiger partial charge is 0.385 e. The highest BCUT2D eigenvalue weighted by Crippen LogP contribution is 2.11. The summed E-state index contributed by atoms with van der Waals surface area (Å²) in [5.41, 5.74) is 1.72. The standard InChI is InChI=1S/C18H22ClN3O2/c1-24-11-3-9-21-18(23)15-6-7-17(22-13-15)20-10-8-14-4-2-5-16(19)12-14/h2,4-7,12-13H,3,8-11H2,1H3,(H,20,22)(H,21,23). The van der Waals surface area contributed by atoms with Crippen LogP contribution in [0.5, 0.6) is 0 Å². The third-order valence-electron chi connectivity index (χ3n) is 3.45. The summed E-state index contributed by atoms with van der Waals surface area (Å²) in [5.74, 6) is 0.622. The topological polar surface area (TPSA) is 63.2 Å². The SMILES string of the molecule is COCCCNC(=O)c1ccc(NCCc2cccc(Cl)c2)nc1. The number of rotatable bonds is 9. The van der Waals surface area contributed by atoms with Gasteiger partial charge in [-0.3, -0.25) is 4.79 Å². The molecule has 6 heteroatoms. The van der Waals surface area contributed by atoms with Gasteiger partial charge in [-0.1, -0.05) is 23.7 Å². The molecule has 0 spiro atoms. The lowest BCUT2D eigenvalue weighted by atomic mass is 10.1. The monoisotopic (exact) mass is 347 g/mol. The van der Waals surface area contributed by atoms with Gasteiger partial charge in [0.05, 0.1) is 5.56 Å². The van der Waals surface area contributed by atoms with E-state index in [1.165, 1.54) is 5.56 Å². The maximum Gasteiger partial charge on any atom is 0.252 e. The minimum atomic E-state index is -0.121. The van der Waals surface area contributed by atoms with Crippen molar-refractivity contribution in [3.63, 3.8) is 0 Å². The first kappa shape index (κ1) is 18.2. The van der Waals surface area contributed by atoms with Crippen molar-refractivity contribution >= 4 is 23.3 Å². The number of carbonyl (C=O) groups is 1. The smallest absolute Gasteiger partial charge is 0.252 e. The number of ether oxygens (including phenoxy) is 1.